The third-order valence-electron chi connectivity index (χ3n) is 3.51. The van der Waals surface area contributed by atoms with Crippen LogP contribution in [0, 0.1) is 10.8 Å². The Hall–Kier alpha value is -0.180. The lowest BCUT2D eigenvalue weighted by molar-refractivity contribution is 0.357. The average Bonchev–Trinajstić information content (AvgIpc) is 2.65. The number of hydrogen-bond donors (Lipinski definition) is 1. The van der Waals surface area contributed by atoms with Gasteiger partial charge in [-0.15, -0.1) is 0 Å². The Bertz CT molecular complexity index is 272. The number of nitrogens with one attached hydrogen (secondary N) is 1. The number of nitrogens with zero attached hydrogens (tertiary/aromatic N) is 1. The Morgan fingerprint density at radius 2 is 2.00 bits per heavy atom. The molecule has 0 unspecified atom stereocenters. The van der Waals surface area contributed by atoms with Gasteiger partial charge in [0.15, 0.2) is 5.17 Å². The van der Waals surface area contributed by atoms with Crippen LogP contribution in [0.5, 0.6) is 0 Å². The fourth-order valence-electron chi connectivity index (χ4n) is 2.43. The van der Waals surface area contributed by atoms with Crippen LogP contribution in [0.1, 0.15) is 46.5 Å². The molecule has 0 aromatic heterocycles. The fourth-order valence-corrected chi connectivity index (χ4v) is 3.58. The molecule has 92 valence electrons. The van der Waals surface area contributed by atoms with Crippen molar-refractivity contribution in [2.75, 3.05) is 18.8 Å². The van der Waals surface area contributed by atoms with Gasteiger partial charge in [0, 0.05) is 18.8 Å². The summed E-state index contributed by atoms with van der Waals surface area (Å²) in [6.07, 6.45) is 5.63. The molecule has 3 heteroatoms. The Morgan fingerprint density at radius 3 is 2.50 bits per heavy atom. The predicted molar refractivity (Wildman–Crippen MR) is 73.1 cm³/mol. The second kappa shape index (κ2) is 4.59. The van der Waals surface area contributed by atoms with Crippen LogP contribution in [-0.4, -0.2) is 24.0 Å². The van der Waals surface area contributed by atoms with Gasteiger partial charge in [0.2, 0.25) is 0 Å². The molecule has 0 bridgehead atoms. The maximum Gasteiger partial charge on any atom is 0.156 e. The molecular weight excluding hydrogens is 216 g/mol. The number of thioether (sulfide) groups is 1. The van der Waals surface area contributed by atoms with Crippen LogP contribution in [0.25, 0.3) is 0 Å². The quantitative estimate of drug-likeness (QED) is 0.760. The molecule has 1 heterocycles. The summed E-state index contributed by atoms with van der Waals surface area (Å²) in [4.78, 5) is 4.74. The van der Waals surface area contributed by atoms with Crippen LogP contribution in [-0.2, 0) is 0 Å². The Labute approximate surface area is 104 Å². The van der Waals surface area contributed by atoms with E-state index in [1.807, 2.05) is 11.8 Å². The minimum atomic E-state index is 0.339. The molecule has 0 atom stereocenters. The van der Waals surface area contributed by atoms with E-state index in [2.05, 4.69) is 26.1 Å². The van der Waals surface area contributed by atoms with E-state index < -0.39 is 0 Å². The van der Waals surface area contributed by atoms with Crippen LogP contribution in [0.4, 0.5) is 0 Å². The first-order valence-electron chi connectivity index (χ1n) is 6.40. The highest BCUT2D eigenvalue weighted by Gasteiger charge is 2.36. The minimum Gasteiger partial charge on any atom is -0.364 e. The summed E-state index contributed by atoms with van der Waals surface area (Å²) >= 11 is 1.94. The lowest BCUT2D eigenvalue weighted by Crippen LogP contribution is -2.36. The monoisotopic (exact) mass is 240 g/mol. The lowest BCUT2D eigenvalue weighted by Gasteiger charge is -2.32. The van der Waals surface area contributed by atoms with Gasteiger partial charge in [-0.2, -0.15) is 0 Å². The normalized spacial score (nSPS) is 24.6. The minimum absolute atomic E-state index is 0.339. The third-order valence-corrected chi connectivity index (χ3v) is 4.81. The Balaban J connectivity index is 1.84. The summed E-state index contributed by atoms with van der Waals surface area (Å²) in [6, 6.07) is 0. The zero-order valence-corrected chi connectivity index (χ0v) is 11.6. The van der Waals surface area contributed by atoms with Crippen LogP contribution >= 0.6 is 11.8 Å². The first kappa shape index (κ1) is 12.3. The molecule has 16 heavy (non-hydrogen) atoms. The van der Waals surface area contributed by atoms with Gasteiger partial charge in [0.05, 0.1) is 0 Å². The number of aliphatic imine (C=N–C) groups is 1. The third kappa shape index (κ3) is 3.16. The highest BCUT2D eigenvalue weighted by Crippen LogP contribution is 2.43. The van der Waals surface area contributed by atoms with Gasteiger partial charge in [-0.3, -0.25) is 4.99 Å². The zero-order chi connectivity index (χ0) is 11.6. The molecule has 0 radical (unpaired) electrons. The van der Waals surface area contributed by atoms with E-state index in [0.717, 1.165) is 13.1 Å². The van der Waals surface area contributed by atoms with Crippen molar-refractivity contribution < 1.29 is 0 Å². The smallest absolute Gasteiger partial charge is 0.156 e. The van der Waals surface area contributed by atoms with Crippen molar-refractivity contribution >= 4 is 16.9 Å². The molecule has 2 nitrogen and oxygen atoms in total. The van der Waals surface area contributed by atoms with Gasteiger partial charge >= 0.3 is 0 Å². The summed E-state index contributed by atoms with van der Waals surface area (Å²) in [7, 11) is 0. The van der Waals surface area contributed by atoms with Gasteiger partial charge < -0.3 is 5.32 Å². The molecule has 1 saturated carbocycles. The van der Waals surface area contributed by atoms with Crippen LogP contribution in [0.15, 0.2) is 4.99 Å². The number of rotatable bonds is 1. The van der Waals surface area contributed by atoms with Crippen LogP contribution < -0.4 is 5.32 Å². The van der Waals surface area contributed by atoms with Gasteiger partial charge in [-0.1, -0.05) is 45.4 Å². The number of hydrogen-bond acceptors (Lipinski definition) is 3. The average molecular weight is 240 g/mol. The topological polar surface area (TPSA) is 24.4 Å². The van der Waals surface area contributed by atoms with Crippen molar-refractivity contribution in [3.63, 3.8) is 0 Å². The maximum atomic E-state index is 4.74. The maximum absolute atomic E-state index is 4.74. The van der Waals surface area contributed by atoms with E-state index in [1.54, 1.807) is 0 Å². The molecule has 0 aromatic rings. The van der Waals surface area contributed by atoms with Crippen molar-refractivity contribution in [1.82, 2.24) is 5.32 Å². The molecule has 0 aromatic carbocycles. The first-order valence-corrected chi connectivity index (χ1v) is 7.39. The Kier molecular flexibility index (Phi) is 3.53. The summed E-state index contributed by atoms with van der Waals surface area (Å²) < 4.78 is 0. The summed E-state index contributed by atoms with van der Waals surface area (Å²) in [5.74, 6) is 1.28. The molecule has 1 fully saturated rings. The fraction of sp³-hybridized carbons (Fsp3) is 0.923. The largest absolute Gasteiger partial charge is 0.364 e. The lowest BCUT2D eigenvalue weighted by atomic mass is 9.89. The summed E-state index contributed by atoms with van der Waals surface area (Å²) in [5.41, 5.74) is 0.906. The number of amidine groups is 1. The van der Waals surface area contributed by atoms with Gasteiger partial charge in [0.25, 0.3) is 0 Å². The molecule has 1 aliphatic heterocycles. The van der Waals surface area contributed by atoms with Crippen LogP contribution in [0.3, 0.4) is 0 Å². The van der Waals surface area contributed by atoms with Crippen molar-refractivity contribution in [3.8, 4) is 0 Å². The highest BCUT2D eigenvalue weighted by molar-refractivity contribution is 8.13. The van der Waals surface area contributed by atoms with E-state index >= 15 is 0 Å². The first-order chi connectivity index (χ1) is 7.49. The van der Waals surface area contributed by atoms with Crippen molar-refractivity contribution in [1.29, 1.82) is 0 Å². The molecular formula is C13H24N2S. The predicted octanol–water partition coefficient (Wildman–Crippen LogP) is 3.29. The van der Waals surface area contributed by atoms with Crippen molar-refractivity contribution in [2.24, 2.45) is 15.8 Å². The van der Waals surface area contributed by atoms with Gasteiger partial charge in [-0.25, -0.2) is 0 Å². The SMILES string of the molecule is CC(C)(C)CNC1=NCC2(CCCC2)CS1. The standard InChI is InChI=1S/C13H24N2S/c1-12(2,3)8-14-11-15-9-13(10-16-11)6-4-5-7-13/h4-10H2,1-3H3,(H,14,15). The van der Waals surface area contributed by atoms with E-state index in [9.17, 15) is 0 Å². The van der Waals surface area contributed by atoms with E-state index in [4.69, 9.17) is 4.99 Å². The zero-order valence-electron chi connectivity index (χ0n) is 10.8. The molecule has 0 saturated heterocycles. The van der Waals surface area contributed by atoms with E-state index in [1.165, 1.54) is 36.6 Å². The van der Waals surface area contributed by atoms with Crippen molar-refractivity contribution in [2.45, 2.75) is 46.5 Å². The van der Waals surface area contributed by atoms with E-state index in [0.29, 0.717) is 10.8 Å². The second-order valence-corrected chi connectivity index (χ2v) is 7.50. The Morgan fingerprint density at radius 1 is 1.31 bits per heavy atom. The second-order valence-electron chi connectivity index (χ2n) is 6.53. The molecule has 2 rings (SSSR count). The van der Waals surface area contributed by atoms with E-state index in [-0.39, 0.29) is 0 Å². The molecule has 0 amide bonds. The van der Waals surface area contributed by atoms with Gasteiger partial charge in [-0.05, 0) is 23.7 Å². The molecule has 1 spiro atoms. The highest BCUT2D eigenvalue weighted by atomic mass is 32.2. The van der Waals surface area contributed by atoms with Gasteiger partial charge in [0.1, 0.15) is 0 Å². The van der Waals surface area contributed by atoms with Crippen molar-refractivity contribution in [3.05, 3.63) is 0 Å². The summed E-state index contributed by atoms with van der Waals surface area (Å²) in [6.45, 7) is 8.85. The van der Waals surface area contributed by atoms with Crippen LogP contribution in [0.2, 0.25) is 0 Å². The molecule has 2 aliphatic rings. The molecule has 1 N–H and O–H groups in total. The summed E-state index contributed by atoms with van der Waals surface area (Å²) in [5, 5.41) is 4.65. The molecule has 1 aliphatic carbocycles.